The van der Waals surface area contributed by atoms with Crippen LogP contribution in [0.2, 0.25) is 58.9 Å². The fourth-order valence-corrected chi connectivity index (χ4v) is 6.04. The average molecular weight is 439 g/mol. The second kappa shape index (κ2) is 9.16. The Kier molecular flexibility index (Phi) is 8.47. The zero-order valence-corrected chi connectivity index (χ0v) is 21.7. The molecule has 0 aromatic carbocycles. The van der Waals surface area contributed by atoms with Gasteiger partial charge in [0.25, 0.3) is 0 Å². The van der Waals surface area contributed by atoms with Gasteiger partial charge >= 0.3 is 5.97 Å². The van der Waals surface area contributed by atoms with Crippen LogP contribution in [0.15, 0.2) is 0 Å². The normalized spacial score (nSPS) is 28.3. The third kappa shape index (κ3) is 8.05. The highest BCUT2D eigenvalue weighted by molar-refractivity contribution is 6.70. The SMILES string of the molecule is COC(=O)[C@@H](O[Si](C)(C)C)[C@@H]1O[C@H](OC)[C@H](O[Si](C)(C)C)[C@H]1O[Si](C)(C)C. The molecule has 5 atom stereocenters. The summed E-state index contributed by atoms with van der Waals surface area (Å²) in [7, 11) is -3.01. The lowest BCUT2D eigenvalue weighted by molar-refractivity contribution is -0.176. The van der Waals surface area contributed by atoms with Crippen molar-refractivity contribution in [1.29, 1.82) is 0 Å². The summed E-state index contributed by atoms with van der Waals surface area (Å²) in [5.41, 5.74) is 0. The van der Waals surface area contributed by atoms with Crippen LogP contribution in [0.1, 0.15) is 0 Å². The second-order valence-electron chi connectivity index (χ2n) is 9.77. The predicted molar refractivity (Wildman–Crippen MR) is 112 cm³/mol. The molecule has 0 N–H and O–H groups in total. The van der Waals surface area contributed by atoms with E-state index >= 15 is 0 Å². The van der Waals surface area contributed by atoms with Crippen LogP contribution in [0.4, 0.5) is 0 Å². The molecule has 0 spiro atoms. The zero-order chi connectivity index (χ0) is 21.2. The van der Waals surface area contributed by atoms with Crippen molar-refractivity contribution < 1.29 is 32.3 Å². The van der Waals surface area contributed by atoms with Crippen molar-refractivity contribution in [2.75, 3.05) is 14.2 Å². The third-order valence-corrected chi connectivity index (χ3v) is 6.55. The van der Waals surface area contributed by atoms with Crippen molar-refractivity contribution in [3.8, 4) is 0 Å². The number of hydrogen-bond acceptors (Lipinski definition) is 7. The first-order valence-corrected chi connectivity index (χ1v) is 19.6. The Hall–Kier alpha value is -0.0794. The number of carbonyl (C=O) groups is 1. The average Bonchev–Trinajstić information content (AvgIpc) is 2.77. The molecule has 0 aliphatic carbocycles. The maximum atomic E-state index is 12.6. The lowest BCUT2D eigenvalue weighted by atomic mass is 10.1. The molecule has 10 heteroatoms. The van der Waals surface area contributed by atoms with E-state index in [2.05, 4.69) is 39.3 Å². The lowest BCUT2D eigenvalue weighted by Gasteiger charge is -2.36. The molecule has 1 rings (SSSR count). The lowest BCUT2D eigenvalue weighted by Crippen LogP contribution is -2.54. The third-order valence-electron chi connectivity index (χ3n) is 3.63. The summed E-state index contributed by atoms with van der Waals surface area (Å²) in [4.78, 5) is 12.6. The fourth-order valence-electron chi connectivity index (χ4n) is 2.90. The zero-order valence-electron chi connectivity index (χ0n) is 18.7. The molecule has 7 nitrogen and oxygen atoms in total. The molecule has 0 aromatic heterocycles. The van der Waals surface area contributed by atoms with Crippen LogP contribution in [-0.4, -0.2) is 75.8 Å². The van der Waals surface area contributed by atoms with Gasteiger partial charge in [-0.25, -0.2) is 4.79 Å². The Morgan fingerprint density at radius 3 is 1.67 bits per heavy atom. The van der Waals surface area contributed by atoms with E-state index in [1.807, 2.05) is 19.6 Å². The van der Waals surface area contributed by atoms with Gasteiger partial charge in [0, 0.05) is 7.11 Å². The molecule has 1 aliphatic heterocycles. The summed E-state index contributed by atoms with van der Waals surface area (Å²) in [5.74, 6) is -0.463. The molecular formula is C17H38O7Si3. The van der Waals surface area contributed by atoms with E-state index in [0.717, 1.165) is 0 Å². The van der Waals surface area contributed by atoms with Crippen molar-refractivity contribution in [2.45, 2.75) is 89.6 Å². The van der Waals surface area contributed by atoms with E-state index in [1.54, 1.807) is 7.11 Å². The van der Waals surface area contributed by atoms with Crippen LogP contribution in [0.5, 0.6) is 0 Å². The van der Waals surface area contributed by atoms with Gasteiger partial charge in [-0.1, -0.05) is 0 Å². The van der Waals surface area contributed by atoms with E-state index in [9.17, 15) is 4.79 Å². The molecule has 160 valence electrons. The highest BCUT2D eigenvalue weighted by Gasteiger charge is 2.54. The summed E-state index contributed by atoms with van der Waals surface area (Å²) >= 11 is 0. The summed E-state index contributed by atoms with van der Waals surface area (Å²) in [5, 5.41) is 0. The van der Waals surface area contributed by atoms with Crippen LogP contribution in [0.25, 0.3) is 0 Å². The van der Waals surface area contributed by atoms with Crippen molar-refractivity contribution in [3.63, 3.8) is 0 Å². The molecule has 0 unspecified atom stereocenters. The topological polar surface area (TPSA) is 72.5 Å². The quantitative estimate of drug-likeness (QED) is 0.404. The summed E-state index contributed by atoms with van der Waals surface area (Å²) in [6.07, 6.45) is -3.04. The first-order chi connectivity index (χ1) is 12.1. The van der Waals surface area contributed by atoms with Gasteiger partial charge in [-0.05, 0) is 58.9 Å². The largest absolute Gasteiger partial charge is 0.467 e. The van der Waals surface area contributed by atoms with Gasteiger partial charge in [-0.15, -0.1) is 0 Å². The van der Waals surface area contributed by atoms with Crippen molar-refractivity contribution in [3.05, 3.63) is 0 Å². The van der Waals surface area contributed by atoms with Crippen molar-refractivity contribution in [1.82, 2.24) is 0 Å². The summed E-state index contributed by atoms with van der Waals surface area (Å²) in [6, 6.07) is 0. The van der Waals surface area contributed by atoms with Crippen LogP contribution in [-0.2, 0) is 32.3 Å². The molecule has 1 aliphatic rings. The van der Waals surface area contributed by atoms with Crippen LogP contribution >= 0.6 is 0 Å². The number of carbonyl (C=O) groups excluding carboxylic acids is 1. The van der Waals surface area contributed by atoms with Gasteiger partial charge in [-0.2, -0.15) is 0 Å². The van der Waals surface area contributed by atoms with Gasteiger partial charge in [-0.3, -0.25) is 0 Å². The number of hydrogen-bond donors (Lipinski definition) is 0. The second-order valence-corrected chi connectivity index (χ2v) is 23.1. The Morgan fingerprint density at radius 1 is 0.815 bits per heavy atom. The maximum absolute atomic E-state index is 12.6. The monoisotopic (exact) mass is 438 g/mol. The van der Waals surface area contributed by atoms with E-state index < -0.39 is 61.6 Å². The minimum absolute atomic E-state index is 0.421. The van der Waals surface area contributed by atoms with E-state index in [4.69, 9.17) is 27.5 Å². The van der Waals surface area contributed by atoms with Gasteiger partial charge in [0.05, 0.1) is 7.11 Å². The number of methoxy groups -OCH3 is 2. The van der Waals surface area contributed by atoms with E-state index in [1.165, 1.54) is 7.11 Å². The Balaban J connectivity index is 3.31. The van der Waals surface area contributed by atoms with Crippen molar-refractivity contribution in [2.24, 2.45) is 0 Å². The Bertz CT molecular complexity index is 496. The highest BCUT2D eigenvalue weighted by Crippen LogP contribution is 2.35. The predicted octanol–water partition coefficient (Wildman–Crippen LogP) is 3.19. The van der Waals surface area contributed by atoms with Crippen LogP contribution in [0.3, 0.4) is 0 Å². The highest BCUT2D eigenvalue weighted by atomic mass is 28.4. The molecule has 27 heavy (non-hydrogen) atoms. The van der Waals surface area contributed by atoms with E-state index in [0.29, 0.717) is 0 Å². The smallest absolute Gasteiger partial charge is 0.336 e. The molecule has 0 bridgehead atoms. The van der Waals surface area contributed by atoms with E-state index in [-0.39, 0.29) is 0 Å². The first-order valence-electron chi connectivity index (χ1n) is 9.37. The molecule has 0 amide bonds. The molecule has 0 saturated carbocycles. The molecule has 1 fully saturated rings. The van der Waals surface area contributed by atoms with Gasteiger partial charge < -0.3 is 27.5 Å². The summed E-state index contributed by atoms with van der Waals surface area (Å²) < 4.78 is 35.7. The molecule has 1 heterocycles. The van der Waals surface area contributed by atoms with Crippen LogP contribution < -0.4 is 0 Å². The number of rotatable bonds is 9. The standard InChI is InChI=1S/C17H38O7Si3/c1-19-16(18)14(23-26(6,7)8)12-13(22-25(3,4)5)15(17(20-2)21-12)24-27(9,10)11/h12-15,17H,1-11H3/t12-,13+,14+,15-,17+/m1/s1. The Labute approximate surface area is 167 Å². The molecule has 0 aromatic rings. The van der Waals surface area contributed by atoms with Gasteiger partial charge in [0.1, 0.15) is 18.3 Å². The van der Waals surface area contributed by atoms with Gasteiger partial charge in [0.15, 0.2) is 37.3 Å². The molecule has 1 saturated heterocycles. The molecule has 0 radical (unpaired) electrons. The fraction of sp³-hybridized carbons (Fsp3) is 0.941. The number of ether oxygens (including phenoxy) is 3. The molecular weight excluding hydrogens is 400 g/mol. The van der Waals surface area contributed by atoms with Crippen LogP contribution in [0, 0.1) is 0 Å². The minimum Gasteiger partial charge on any atom is -0.467 e. The summed E-state index contributed by atoms with van der Waals surface area (Å²) in [6.45, 7) is 18.7. The van der Waals surface area contributed by atoms with Gasteiger partial charge in [0.2, 0.25) is 0 Å². The number of esters is 1. The minimum atomic E-state index is -2.05. The maximum Gasteiger partial charge on any atom is 0.336 e. The first kappa shape index (κ1) is 25.0. The Morgan fingerprint density at radius 2 is 1.30 bits per heavy atom. The van der Waals surface area contributed by atoms with Crippen molar-refractivity contribution >= 4 is 30.9 Å².